The van der Waals surface area contributed by atoms with Crippen molar-refractivity contribution in [2.75, 3.05) is 11.9 Å². The summed E-state index contributed by atoms with van der Waals surface area (Å²) in [5.41, 5.74) is 1.08. The van der Waals surface area contributed by atoms with Crippen LogP contribution in [0.25, 0.3) is 0 Å². The molecular weight excluding hydrogens is 386 g/mol. The third-order valence-electron chi connectivity index (χ3n) is 3.70. The number of Topliss-reactive ketones (excluding diaryl/α,β-unsaturated/α-hetero) is 1. The molecule has 7 nitrogen and oxygen atoms in total. The number of rotatable bonds is 9. The van der Waals surface area contributed by atoms with Gasteiger partial charge in [-0.3, -0.25) is 14.4 Å². The third kappa shape index (κ3) is 6.85. The maximum atomic E-state index is 12.0. The summed E-state index contributed by atoms with van der Waals surface area (Å²) in [4.78, 5) is 46.2. The topological polar surface area (TPSA) is 110 Å². The minimum Gasteiger partial charge on any atom is -0.481 e. The Morgan fingerprint density at radius 2 is 1.50 bits per heavy atom. The Morgan fingerprint density at radius 1 is 0.893 bits per heavy atom. The van der Waals surface area contributed by atoms with Crippen molar-refractivity contribution in [3.8, 4) is 0 Å². The number of ketones is 1. The van der Waals surface area contributed by atoms with Gasteiger partial charge in [0, 0.05) is 29.1 Å². The second-order valence-electron chi connectivity index (χ2n) is 5.88. The molecule has 2 aromatic carbocycles. The zero-order chi connectivity index (χ0) is 20.5. The van der Waals surface area contributed by atoms with E-state index >= 15 is 0 Å². The van der Waals surface area contributed by atoms with Crippen LogP contribution in [0.4, 0.5) is 5.69 Å². The van der Waals surface area contributed by atoms with Crippen molar-refractivity contribution in [3.63, 3.8) is 0 Å². The Balaban J connectivity index is 1.82. The Hall–Kier alpha value is -3.19. The van der Waals surface area contributed by atoms with E-state index in [2.05, 4.69) is 5.32 Å². The van der Waals surface area contributed by atoms with Gasteiger partial charge < -0.3 is 15.2 Å². The van der Waals surface area contributed by atoms with Crippen molar-refractivity contribution in [2.45, 2.75) is 19.3 Å². The van der Waals surface area contributed by atoms with Crippen molar-refractivity contribution >= 4 is 40.9 Å². The maximum Gasteiger partial charge on any atom is 0.338 e. The van der Waals surface area contributed by atoms with Crippen LogP contribution in [0.3, 0.4) is 0 Å². The van der Waals surface area contributed by atoms with Crippen LogP contribution in [-0.2, 0) is 14.3 Å². The number of ether oxygens (including phenoxy) is 1. The first-order valence-electron chi connectivity index (χ1n) is 8.43. The van der Waals surface area contributed by atoms with Gasteiger partial charge in [0.15, 0.2) is 12.4 Å². The Morgan fingerprint density at radius 3 is 2.11 bits per heavy atom. The van der Waals surface area contributed by atoms with Crippen LogP contribution in [0.5, 0.6) is 0 Å². The van der Waals surface area contributed by atoms with Crippen LogP contribution < -0.4 is 5.32 Å². The van der Waals surface area contributed by atoms with Gasteiger partial charge in [0.25, 0.3) is 0 Å². The quantitative estimate of drug-likeness (QED) is 0.489. The molecule has 0 fully saturated rings. The lowest BCUT2D eigenvalue weighted by atomic mass is 10.1. The first-order valence-corrected chi connectivity index (χ1v) is 8.80. The van der Waals surface area contributed by atoms with E-state index in [9.17, 15) is 19.2 Å². The smallest absolute Gasteiger partial charge is 0.338 e. The number of nitrogens with one attached hydrogen (secondary N) is 1. The summed E-state index contributed by atoms with van der Waals surface area (Å²) in [6.07, 6.45) is 0.253. The van der Waals surface area contributed by atoms with Gasteiger partial charge in [0.05, 0.1) is 5.56 Å². The molecule has 146 valence electrons. The summed E-state index contributed by atoms with van der Waals surface area (Å²) < 4.78 is 5.01. The number of hydrogen-bond acceptors (Lipinski definition) is 5. The van der Waals surface area contributed by atoms with Crippen molar-refractivity contribution in [1.82, 2.24) is 0 Å². The highest BCUT2D eigenvalue weighted by Crippen LogP contribution is 2.13. The van der Waals surface area contributed by atoms with Crippen LogP contribution in [-0.4, -0.2) is 35.3 Å². The lowest BCUT2D eigenvalue weighted by Gasteiger charge is -2.07. The first kappa shape index (κ1) is 21.1. The second-order valence-corrected chi connectivity index (χ2v) is 6.32. The number of carbonyl (C=O) groups is 4. The number of carboxylic acids is 1. The second kappa shape index (κ2) is 10.2. The third-order valence-corrected chi connectivity index (χ3v) is 3.95. The van der Waals surface area contributed by atoms with Crippen LogP contribution in [0.15, 0.2) is 48.5 Å². The fourth-order valence-electron chi connectivity index (χ4n) is 2.25. The van der Waals surface area contributed by atoms with E-state index in [4.69, 9.17) is 21.4 Å². The van der Waals surface area contributed by atoms with E-state index in [1.165, 1.54) is 24.3 Å². The molecule has 0 radical (unpaired) electrons. The fourth-order valence-corrected chi connectivity index (χ4v) is 2.37. The van der Waals surface area contributed by atoms with Gasteiger partial charge in [-0.2, -0.15) is 0 Å². The number of carbonyl (C=O) groups excluding carboxylic acids is 3. The maximum absolute atomic E-state index is 12.0. The minimum atomic E-state index is -0.954. The Kier molecular flexibility index (Phi) is 7.71. The SMILES string of the molecule is O=C(O)CCCC(=O)Nc1ccc(C(=O)OCC(=O)c2ccc(Cl)cc2)cc1. The van der Waals surface area contributed by atoms with Gasteiger partial charge in [0.2, 0.25) is 5.91 Å². The summed E-state index contributed by atoms with van der Waals surface area (Å²) in [6.45, 7) is -0.400. The molecule has 0 aliphatic heterocycles. The average molecular weight is 404 g/mol. The first-order chi connectivity index (χ1) is 13.3. The van der Waals surface area contributed by atoms with Crippen molar-refractivity contribution in [2.24, 2.45) is 0 Å². The normalized spacial score (nSPS) is 10.2. The Bertz CT molecular complexity index is 861. The van der Waals surface area contributed by atoms with E-state index in [1.54, 1.807) is 24.3 Å². The van der Waals surface area contributed by atoms with E-state index in [0.717, 1.165) is 0 Å². The van der Waals surface area contributed by atoms with E-state index in [-0.39, 0.29) is 36.5 Å². The van der Waals surface area contributed by atoms with Crippen LogP contribution >= 0.6 is 11.6 Å². The standard InChI is InChI=1S/C20H18ClNO6/c21-15-8-4-13(5-9-15)17(23)12-28-20(27)14-6-10-16(11-7-14)22-18(24)2-1-3-19(25)26/h4-11H,1-3,12H2,(H,22,24)(H,25,26). The van der Waals surface area contributed by atoms with Crippen LogP contribution in [0, 0.1) is 0 Å². The molecule has 0 unspecified atom stereocenters. The van der Waals surface area contributed by atoms with Crippen molar-refractivity contribution < 1.29 is 29.0 Å². The van der Waals surface area contributed by atoms with Crippen LogP contribution in [0.1, 0.15) is 40.0 Å². The van der Waals surface area contributed by atoms with E-state index < -0.39 is 18.5 Å². The lowest BCUT2D eigenvalue weighted by Crippen LogP contribution is -2.15. The molecule has 0 heterocycles. The number of esters is 1. The highest BCUT2D eigenvalue weighted by atomic mass is 35.5. The number of benzene rings is 2. The number of hydrogen-bond donors (Lipinski definition) is 2. The summed E-state index contributed by atoms with van der Waals surface area (Å²) >= 11 is 5.76. The van der Waals surface area contributed by atoms with Crippen molar-refractivity contribution in [1.29, 1.82) is 0 Å². The monoisotopic (exact) mass is 403 g/mol. The minimum absolute atomic E-state index is 0.0764. The summed E-state index contributed by atoms with van der Waals surface area (Å²) in [7, 11) is 0. The zero-order valence-electron chi connectivity index (χ0n) is 14.8. The molecule has 0 aliphatic rings. The molecule has 8 heteroatoms. The molecule has 28 heavy (non-hydrogen) atoms. The molecule has 2 aromatic rings. The predicted octanol–water partition coefficient (Wildman–Crippen LogP) is 3.57. The molecule has 1 amide bonds. The number of carboxylic acid groups (broad SMARTS) is 1. The number of halogens is 1. The number of anilines is 1. The summed E-state index contributed by atoms with van der Waals surface area (Å²) in [5.74, 6) is -2.28. The van der Waals surface area contributed by atoms with Crippen LogP contribution in [0.2, 0.25) is 5.02 Å². The van der Waals surface area contributed by atoms with Gasteiger partial charge >= 0.3 is 11.9 Å². The van der Waals surface area contributed by atoms with Gasteiger partial charge in [-0.15, -0.1) is 0 Å². The Labute approximate surface area is 166 Å². The molecule has 0 aliphatic carbocycles. The highest BCUT2D eigenvalue weighted by molar-refractivity contribution is 6.30. The van der Waals surface area contributed by atoms with Gasteiger partial charge in [0.1, 0.15) is 0 Å². The van der Waals surface area contributed by atoms with Gasteiger partial charge in [-0.25, -0.2) is 4.79 Å². The summed E-state index contributed by atoms with van der Waals surface area (Å²) in [6, 6.07) is 12.2. The molecule has 0 aromatic heterocycles. The zero-order valence-corrected chi connectivity index (χ0v) is 15.6. The summed E-state index contributed by atoms with van der Waals surface area (Å²) in [5, 5.41) is 11.7. The molecule has 2 N–H and O–H groups in total. The highest BCUT2D eigenvalue weighted by Gasteiger charge is 2.12. The van der Waals surface area contributed by atoms with E-state index in [0.29, 0.717) is 16.3 Å². The average Bonchev–Trinajstić information content (AvgIpc) is 2.66. The molecular formula is C20H18ClNO6. The molecule has 0 spiro atoms. The van der Waals surface area contributed by atoms with Gasteiger partial charge in [-0.05, 0) is 55.0 Å². The molecule has 0 atom stereocenters. The number of amides is 1. The molecule has 0 saturated carbocycles. The lowest BCUT2D eigenvalue weighted by molar-refractivity contribution is -0.137. The largest absolute Gasteiger partial charge is 0.481 e. The van der Waals surface area contributed by atoms with Crippen molar-refractivity contribution in [3.05, 3.63) is 64.7 Å². The fraction of sp³-hybridized carbons (Fsp3) is 0.200. The molecule has 0 bridgehead atoms. The molecule has 0 saturated heterocycles. The van der Waals surface area contributed by atoms with Gasteiger partial charge in [-0.1, -0.05) is 11.6 Å². The van der Waals surface area contributed by atoms with E-state index in [1.807, 2.05) is 0 Å². The molecule has 2 rings (SSSR count). The number of aliphatic carboxylic acids is 1. The predicted molar refractivity (Wildman–Crippen MR) is 103 cm³/mol.